The van der Waals surface area contributed by atoms with Crippen molar-refractivity contribution in [2.75, 3.05) is 43.0 Å². The zero-order chi connectivity index (χ0) is 23.8. The molecule has 0 aliphatic carbocycles. The number of rotatable bonds is 10. The number of nitrogens with one attached hydrogen (secondary N) is 3. The monoisotopic (exact) mass is 487 g/mol. The van der Waals surface area contributed by atoms with Crippen LogP contribution in [-0.2, 0) is 4.79 Å². The first kappa shape index (κ1) is 24.6. The summed E-state index contributed by atoms with van der Waals surface area (Å²) in [6.07, 6.45) is 2.03. The van der Waals surface area contributed by atoms with Gasteiger partial charge in [0.2, 0.25) is 5.91 Å². The number of thiazole rings is 2. The van der Waals surface area contributed by atoms with Crippen molar-refractivity contribution in [2.24, 2.45) is 0 Å². The van der Waals surface area contributed by atoms with E-state index >= 15 is 0 Å². The lowest BCUT2D eigenvalue weighted by atomic mass is 10.1. The zero-order valence-electron chi connectivity index (χ0n) is 19.0. The van der Waals surface area contributed by atoms with Gasteiger partial charge in [-0.05, 0) is 38.1 Å². The molecule has 0 fully saturated rings. The molecule has 2 heterocycles. The van der Waals surface area contributed by atoms with E-state index in [0.29, 0.717) is 27.4 Å². The molecule has 3 amide bonds. The van der Waals surface area contributed by atoms with Gasteiger partial charge in [0, 0.05) is 23.7 Å². The molecule has 2 aromatic heterocycles. The van der Waals surface area contributed by atoms with Gasteiger partial charge in [0.1, 0.15) is 15.7 Å². The summed E-state index contributed by atoms with van der Waals surface area (Å²) in [6, 6.07) is 7.27. The quantitative estimate of drug-likeness (QED) is 0.337. The van der Waals surface area contributed by atoms with E-state index in [9.17, 15) is 9.59 Å². The van der Waals surface area contributed by atoms with Gasteiger partial charge in [-0.15, -0.1) is 11.3 Å². The number of aromatic nitrogens is 2. The minimum atomic E-state index is -0.360. The van der Waals surface area contributed by atoms with E-state index in [4.69, 9.17) is 10.7 Å². The van der Waals surface area contributed by atoms with Crippen LogP contribution in [-0.4, -0.2) is 53.5 Å². The van der Waals surface area contributed by atoms with Crippen LogP contribution in [0.5, 0.6) is 0 Å². The summed E-state index contributed by atoms with van der Waals surface area (Å²) in [7, 11) is 1.53. The van der Waals surface area contributed by atoms with Crippen LogP contribution in [0.3, 0.4) is 0 Å². The first-order valence-corrected chi connectivity index (χ1v) is 12.5. The van der Waals surface area contributed by atoms with Gasteiger partial charge in [0.15, 0.2) is 5.13 Å². The number of benzene rings is 1. The molecule has 0 spiro atoms. The highest BCUT2D eigenvalue weighted by molar-refractivity contribution is 7.23. The van der Waals surface area contributed by atoms with E-state index in [-0.39, 0.29) is 11.9 Å². The molecule has 3 rings (SSSR count). The Labute approximate surface area is 201 Å². The van der Waals surface area contributed by atoms with E-state index in [0.717, 1.165) is 42.9 Å². The maximum atomic E-state index is 12.5. The molecule has 11 heteroatoms. The number of amides is 3. The van der Waals surface area contributed by atoms with Crippen LogP contribution in [0.4, 0.5) is 21.4 Å². The highest BCUT2D eigenvalue weighted by atomic mass is 32.1. The third-order valence-electron chi connectivity index (χ3n) is 4.69. The summed E-state index contributed by atoms with van der Waals surface area (Å²) in [4.78, 5) is 35.8. The van der Waals surface area contributed by atoms with E-state index < -0.39 is 0 Å². The fourth-order valence-corrected chi connectivity index (χ4v) is 5.08. The van der Waals surface area contributed by atoms with Gasteiger partial charge in [0.05, 0.1) is 12.2 Å². The molecule has 0 saturated heterocycles. The molecule has 0 radical (unpaired) electrons. The maximum absolute atomic E-state index is 12.5. The van der Waals surface area contributed by atoms with Crippen LogP contribution in [0, 0.1) is 0 Å². The van der Waals surface area contributed by atoms with Crippen LogP contribution < -0.4 is 21.7 Å². The van der Waals surface area contributed by atoms with Gasteiger partial charge in [-0.3, -0.25) is 15.0 Å². The van der Waals surface area contributed by atoms with Gasteiger partial charge in [-0.2, -0.15) is 0 Å². The fraction of sp³-hybridized carbons (Fsp3) is 0.364. The predicted octanol–water partition coefficient (Wildman–Crippen LogP) is 4.33. The third-order valence-corrected chi connectivity index (χ3v) is 6.67. The Balaban J connectivity index is 1.71. The Hall–Kier alpha value is -3.02. The lowest BCUT2D eigenvalue weighted by Gasteiger charge is -2.20. The summed E-state index contributed by atoms with van der Waals surface area (Å²) < 4.78 is 0. The average molecular weight is 488 g/mol. The first-order valence-electron chi connectivity index (χ1n) is 10.8. The van der Waals surface area contributed by atoms with E-state index in [1.807, 2.05) is 29.6 Å². The normalized spacial score (nSPS) is 10.9. The summed E-state index contributed by atoms with van der Waals surface area (Å²) in [5.41, 5.74) is 8.44. The number of hydrogen-bond donors (Lipinski definition) is 4. The largest absolute Gasteiger partial charge is 0.382 e. The second kappa shape index (κ2) is 11.7. The van der Waals surface area contributed by atoms with Crippen LogP contribution in [0.15, 0.2) is 29.6 Å². The van der Waals surface area contributed by atoms with Crippen LogP contribution in [0.1, 0.15) is 26.7 Å². The molecule has 9 nitrogen and oxygen atoms in total. The Morgan fingerprint density at radius 3 is 2.58 bits per heavy atom. The van der Waals surface area contributed by atoms with Gasteiger partial charge >= 0.3 is 6.03 Å². The first-order chi connectivity index (χ1) is 15.9. The number of nitrogens with two attached hydrogens (primary N) is 1. The molecule has 33 heavy (non-hydrogen) atoms. The van der Waals surface area contributed by atoms with Crippen LogP contribution in [0.25, 0.3) is 21.1 Å². The maximum Gasteiger partial charge on any atom is 0.320 e. The van der Waals surface area contributed by atoms with E-state index in [1.54, 1.807) is 0 Å². The molecule has 1 aromatic carbocycles. The molecular formula is C22H29N7O2S2. The number of anilines is 3. The zero-order valence-corrected chi connectivity index (χ0v) is 20.6. The number of urea groups is 1. The molecule has 3 aromatic rings. The summed E-state index contributed by atoms with van der Waals surface area (Å²) >= 11 is 2.71. The van der Waals surface area contributed by atoms with E-state index in [2.05, 4.69) is 39.7 Å². The Morgan fingerprint density at radius 1 is 1.12 bits per heavy atom. The van der Waals surface area contributed by atoms with Crippen molar-refractivity contribution >= 4 is 51.2 Å². The van der Waals surface area contributed by atoms with Gasteiger partial charge in [-0.1, -0.05) is 37.3 Å². The van der Waals surface area contributed by atoms with Crippen LogP contribution in [0.2, 0.25) is 0 Å². The molecule has 5 N–H and O–H groups in total. The number of hydrogen-bond acceptors (Lipinski definition) is 8. The highest BCUT2D eigenvalue weighted by Gasteiger charge is 2.16. The Morgan fingerprint density at radius 2 is 1.88 bits per heavy atom. The second-order valence-corrected chi connectivity index (χ2v) is 9.24. The van der Waals surface area contributed by atoms with Crippen molar-refractivity contribution in [1.29, 1.82) is 0 Å². The minimum absolute atomic E-state index is 0.0263. The molecule has 0 aliphatic rings. The topological polar surface area (TPSA) is 125 Å². The summed E-state index contributed by atoms with van der Waals surface area (Å²) in [5.74, 6) is 0.290. The number of nitrogen functional groups attached to an aromatic ring is 1. The molecule has 0 saturated carbocycles. The Bertz CT molecular complexity index is 1090. The molecule has 0 atom stereocenters. The molecule has 0 unspecified atom stereocenters. The average Bonchev–Trinajstić information content (AvgIpc) is 3.40. The summed E-state index contributed by atoms with van der Waals surface area (Å²) in [6.45, 7) is 6.42. The molecular weight excluding hydrogens is 458 g/mol. The Kier molecular flexibility index (Phi) is 8.75. The van der Waals surface area contributed by atoms with Gasteiger partial charge in [-0.25, -0.2) is 14.8 Å². The van der Waals surface area contributed by atoms with Crippen molar-refractivity contribution in [2.45, 2.75) is 26.7 Å². The molecule has 0 bridgehead atoms. The predicted molar refractivity (Wildman–Crippen MR) is 137 cm³/mol. The fourth-order valence-electron chi connectivity index (χ4n) is 3.27. The minimum Gasteiger partial charge on any atom is -0.382 e. The number of carbonyl (C=O) groups is 2. The van der Waals surface area contributed by atoms with Crippen molar-refractivity contribution in [3.8, 4) is 21.1 Å². The highest BCUT2D eigenvalue weighted by Crippen LogP contribution is 2.38. The standard InChI is InChI=1S/C22H29N7O2S2/c1-4-9-29(10-5-2)12-17(30)25-15-8-6-7-14(11-15)16-13-32-20(26-16)18-19(23)27-22(33-18)28-21(31)24-3/h6-8,11,13H,4-5,9-10,12,23H2,1-3H3,(H,25,30)(H2,24,27,28,31). The van der Waals surface area contributed by atoms with Crippen molar-refractivity contribution < 1.29 is 9.59 Å². The SMILES string of the molecule is CCCN(CCC)CC(=O)Nc1cccc(-c2csc(-c3sc(NC(=O)NC)nc3N)n2)c1. The number of nitrogens with zero attached hydrogens (tertiary/aromatic N) is 3. The summed E-state index contributed by atoms with van der Waals surface area (Å²) in [5, 5.41) is 11.2. The van der Waals surface area contributed by atoms with Gasteiger partial charge in [0.25, 0.3) is 0 Å². The van der Waals surface area contributed by atoms with Crippen molar-refractivity contribution in [3.05, 3.63) is 29.6 Å². The lowest BCUT2D eigenvalue weighted by Crippen LogP contribution is -2.34. The van der Waals surface area contributed by atoms with Crippen molar-refractivity contribution in [1.82, 2.24) is 20.2 Å². The molecule has 176 valence electrons. The smallest absolute Gasteiger partial charge is 0.320 e. The third kappa shape index (κ3) is 6.73. The van der Waals surface area contributed by atoms with Crippen LogP contribution >= 0.6 is 22.7 Å². The lowest BCUT2D eigenvalue weighted by molar-refractivity contribution is -0.117. The second-order valence-electron chi connectivity index (χ2n) is 7.38. The number of carbonyl (C=O) groups excluding carboxylic acids is 2. The molecule has 0 aliphatic heterocycles. The van der Waals surface area contributed by atoms with Crippen molar-refractivity contribution in [3.63, 3.8) is 0 Å². The van der Waals surface area contributed by atoms with E-state index in [1.165, 1.54) is 29.7 Å². The van der Waals surface area contributed by atoms with Gasteiger partial charge < -0.3 is 16.4 Å².